The van der Waals surface area contributed by atoms with Gasteiger partial charge in [-0.15, -0.1) is 0 Å². The molecule has 3 rings (SSSR count). The first-order chi connectivity index (χ1) is 11.8. The number of hydrogen-bond donors (Lipinski definition) is 0. The van der Waals surface area contributed by atoms with Gasteiger partial charge < -0.3 is 4.90 Å². The van der Waals surface area contributed by atoms with Gasteiger partial charge in [0.25, 0.3) is 5.92 Å². The number of carbonyl (C=O) groups excluding carboxylic acids is 1. The van der Waals surface area contributed by atoms with Crippen molar-refractivity contribution in [1.29, 1.82) is 0 Å². The Bertz CT molecular complexity index is 440. The van der Waals surface area contributed by atoms with Crippen LogP contribution in [0, 0.1) is 5.41 Å². The Labute approximate surface area is 151 Å². The predicted molar refractivity (Wildman–Crippen MR) is 96.9 cm³/mol. The van der Waals surface area contributed by atoms with Gasteiger partial charge in [-0.1, -0.05) is 13.8 Å². The summed E-state index contributed by atoms with van der Waals surface area (Å²) in [4.78, 5) is 18.4. The number of amides is 1. The molecular formula is C19H35F2N3O. The van der Waals surface area contributed by atoms with Crippen LogP contribution in [0.2, 0.25) is 0 Å². The van der Waals surface area contributed by atoms with Gasteiger partial charge in [0.05, 0.1) is 13.1 Å². The molecule has 0 bridgehead atoms. The predicted octanol–water partition coefficient (Wildman–Crippen LogP) is 3.08. The second kappa shape index (κ2) is 8.30. The van der Waals surface area contributed by atoms with E-state index in [0.717, 1.165) is 39.0 Å². The van der Waals surface area contributed by atoms with E-state index < -0.39 is 5.92 Å². The Morgan fingerprint density at radius 3 is 2.12 bits per heavy atom. The van der Waals surface area contributed by atoms with Crippen LogP contribution in [0.4, 0.5) is 8.78 Å². The van der Waals surface area contributed by atoms with Gasteiger partial charge in [0.15, 0.2) is 0 Å². The van der Waals surface area contributed by atoms with Crippen molar-refractivity contribution >= 4 is 5.91 Å². The smallest absolute Gasteiger partial charge is 0.260 e. The summed E-state index contributed by atoms with van der Waals surface area (Å²) >= 11 is 0. The molecule has 3 aliphatic heterocycles. The minimum atomic E-state index is -2.63. The molecule has 0 saturated carbocycles. The summed E-state index contributed by atoms with van der Waals surface area (Å²) in [5.41, 5.74) is 0.402. The number of likely N-dealkylation sites (tertiary alicyclic amines) is 3. The number of piperidine rings is 2. The van der Waals surface area contributed by atoms with E-state index in [1.807, 2.05) is 18.7 Å². The van der Waals surface area contributed by atoms with Gasteiger partial charge in [-0.2, -0.15) is 0 Å². The Balaban J connectivity index is 0.00000109. The molecule has 6 heteroatoms. The van der Waals surface area contributed by atoms with Crippen molar-refractivity contribution in [1.82, 2.24) is 14.7 Å². The lowest BCUT2D eigenvalue weighted by molar-refractivity contribution is -0.140. The highest BCUT2D eigenvalue weighted by atomic mass is 19.3. The van der Waals surface area contributed by atoms with Crippen molar-refractivity contribution in [3.63, 3.8) is 0 Å². The van der Waals surface area contributed by atoms with E-state index in [9.17, 15) is 13.6 Å². The highest BCUT2D eigenvalue weighted by molar-refractivity contribution is 5.78. The third kappa shape index (κ3) is 5.13. The normalized spacial score (nSPS) is 26.1. The van der Waals surface area contributed by atoms with Gasteiger partial charge in [-0.05, 0) is 45.1 Å². The highest BCUT2D eigenvalue weighted by Crippen LogP contribution is 2.41. The van der Waals surface area contributed by atoms with Crippen molar-refractivity contribution in [2.75, 3.05) is 45.8 Å². The quantitative estimate of drug-likeness (QED) is 0.775. The van der Waals surface area contributed by atoms with Crippen LogP contribution in [0.25, 0.3) is 0 Å². The fourth-order valence-electron chi connectivity index (χ4n) is 4.20. The largest absolute Gasteiger partial charge is 0.342 e. The Morgan fingerprint density at radius 2 is 1.60 bits per heavy atom. The summed E-state index contributed by atoms with van der Waals surface area (Å²) in [6.07, 6.45) is 2.54. The number of alkyl halides is 2. The molecule has 4 nitrogen and oxygen atoms in total. The van der Waals surface area contributed by atoms with Gasteiger partial charge in [0.1, 0.15) is 0 Å². The van der Waals surface area contributed by atoms with Crippen LogP contribution in [0.3, 0.4) is 0 Å². The summed E-state index contributed by atoms with van der Waals surface area (Å²) in [5.74, 6) is -2.60. The van der Waals surface area contributed by atoms with Crippen molar-refractivity contribution in [3.05, 3.63) is 0 Å². The molecule has 0 radical (unpaired) electrons. The zero-order valence-electron chi connectivity index (χ0n) is 16.4. The van der Waals surface area contributed by atoms with Crippen LogP contribution in [0.15, 0.2) is 0 Å². The van der Waals surface area contributed by atoms with Gasteiger partial charge in [0, 0.05) is 38.6 Å². The molecule has 0 N–H and O–H groups in total. The van der Waals surface area contributed by atoms with Crippen LogP contribution >= 0.6 is 0 Å². The molecule has 146 valence electrons. The minimum absolute atomic E-state index is 0.0255. The van der Waals surface area contributed by atoms with E-state index in [0.29, 0.717) is 24.4 Å². The van der Waals surface area contributed by atoms with Crippen LogP contribution in [-0.4, -0.2) is 78.4 Å². The van der Waals surface area contributed by atoms with E-state index in [-0.39, 0.29) is 25.4 Å². The monoisotopic (exact) mass is 359 g/mol. The maximum Gasteiger partial charge on any atom is 0.260 e. The van der Waals surface area contributed by atoms with E-state index in [1.165, 1.54) is 0 Å². The SMILES string of the molecule is CC.CC(C)N1CC2(CCN(C(=O)CN3CCCC(F)(F)C3)CC2)C1. The average Bonchev–Trinajstić information content (AvgIpc) is 2.53. The van der Waals surface area contributed by atoms with Crippen molar-refractivity contribution < 1.29 is 13.6 Å². The summed E-state index contributed by atoms with van der Waals surface area (Å²) in [7, 11) is 0. The molecule has 0 aromatic heterocycles. The zero-order valence-corrected chi connectivity index (χ0v) is 16.4. The first kappa shape index (κ1) is 20.6. The van der Waals surface area contributed by atoms with Gasteiger partial charge in [-0.25, -0.2) is 8.78 Å². The van der Waals surface area contributed by atoms with Crippen LogP contribution in [-0.2, 0) is 4.79 Å². The number of nitrogens with zero attached hydrogens (tertiary/aromatic N) is 3. The summed E-state index contributed by atoms with van der Waals surface area (Å²) in [6, 6.07) is 0.598. The molecule has 3 fully saturated rings. The lowest BCUT2D eigenvalue weighted by atomic mass is 9.71. The molecule has 0 atom stereocenters. The lowest BCUT2D eigenvalue weighted by Gasteiger charge is -2.55. The third-order valence-corrected chi connectivity index (χ3v) is 5.81. The van der Waals surface area contributed by atoms with Crippen LogP contribution in [0.5, 0.6) is 0 Å². The number of rotatable bonds is 3. The van der Waals surface area contributed by atoms with Gasteiger partial charge in [-0.3, -0.25) is 14.6 Å². The summed E-state index contributed by atoms with van der Waals surface area (Å²) in [6.45, 7) is 12.8. The maximum atomic E-state index is 13.4. The van der Waals surface area contributed by atoms with Crippen LogP contribution in [0.1, 0.15) is 53.4 Å². The number of carbonyl (C=O) groups is 1. The van der Waals surface area contributed by atoms with E-state index >= 15 is 0 Å². The summed E-state index contributed by atoms with van der Waals surface area (Å²) in [5, 5.41) is 0. The minimum Gasteiger partial charge on any atom is -0.342 e. The second-order valence-corrected chi connectivity index (χ2v) is 8.05. The Kier molecular flexibility index (Phi) is 6.82. The van der Waals surface area contributed by atoms with Gasteiger partial charge in [0.2, 0.25) is 5.91 Å². The zero-order chi connectivity index (χ0) is 18.7. The van der Waals surface area contributed by atoms with E-state index in [1.54, 1.807) is 4.90 Å². The molecule has 0 aromatic carbocycles. The third-order valence-electron chi connectivity index (χ3n) is 5.81. The van der Waals surface area contributed by atoms with Gasteiger partial charge >= 0.3 is 0 Å². The summed E-state index contributed by atoms with van der Waals surface area (Å²) < 4.78 is 26.9. The fraction of sp³-hybridized carbons (Fsp3) is 0.947. The first-order valence-electron chi connectivity index (χ1n) is 9.91. The first-order valence-corrected chi connectivity index (χ1v) is 9.91. The van der Waals surface area contributed by atoms with Crippen molar-refractivity contribution in [3.8, 4) is 0 Å². The van der Waals surface area contributed by atoms with E-state index in [4.69, 9.17) is 0 Å². The maximum absolute atomic E-state index is 13.4. The topological polar surface area (TPSA) is 26.8 Å². The lowest BCUT2D eigenvalue weighted by Crippen LogP contribution is -2.62. The average molecular weight is 360 g/mol. The molecule has 0 unspecified atom stereocenters. The molecule has 3 heterocycles. The molecule has 1 amide bonds. The Morgan fingerprint density at radius 1 is 1.00 bits per heavy atom. The molecule has 0 aliphatic carbocycles. The molecule has 1 spiro atoms. The number of hydrogen-bond acceptors (Lipinski definition) is 3. The van der Waals surface area contributed by atoms with E-state index in [2.05, 4.69) is 18.7 Å². The van der Waals surface area contributed by atoms with Crippen molar-refractivity contribution in [2.24, 2.45) is 5.41 Å². The molecule has 25 heavy (non-hydrogen) atoms. The molecular weight excluding hydrogens is 324 g/mol. The highest BCUT2D eigenvalue weighted by Gasteiger charge is 2.46. The number of halogens is 2. The van der Waals surface area contributed by atoms with Crippen LogP contribution < -0.4 is 0 Å². The fourth-order valence-corrected chi connectivity index (χ4v) is 4.20. The molecule has 3 saturated heterocycles. The molecule has 0 aromatic rings. The second-order valence-electron chi connectivity index (χ2n) is 8.05. The Hall–Kier alpha value is -0.750. The standard InChI is InChI=1S/C17H29F2N3O.C2H6/c1-14(2)22-11-16(12-22)5-8-21(9-6-16)15(23)10-20-7-3-4-17(18,19)13-20;1-2/h14H,3-13H2,1-2H3;1-2H3. The molecule has 3 aliphatic rings. The van der Waals surface area contributed by atoms with Crippen molar-refractivity contribution in [2.45, 2.75) is 65.3 Å².